The van der Waals surface area contributed by atoms with E-state index in [9.17, 15) is 19.2 Å². The van der Waals surface area contributed by atoms with Crippen molar-refractivity contribution in [3.63, 3.8) is 0 Å². The molecule has 4 aromatic carbocycles. The second kappa shape index (κ2) is 21.3. The van der Waals surface area contributed by atoms with Gasteiger partial charge in [-0.3, -0.25) is 30.2 Å². The number of hydrogen-bond acceptors (Lipinski definition) is 11. The number of nitrogens with zero attached hydrogens (tertiary/aromatic N) is 4. The van der Waals surface area contributed by atoms with Crippen molar-refractivity contribution < 1.29 is 23.8 Å². The van der Waals surface area contributed by atoms with Gasteiger partial charge in [0.2, 0.25) is 11.9 Å². The van der Waals surface area contributed by atoms with Crippen LogP contribution in [0, 0.1) is 0 Å². The van der Waals surface area contributed by atoms with Gasteiger partial charge >= 0.3 is 12.1 Å². The summed E-state index contributed by atoms with van der Waals surface area (Å²) in [6, 6.07) is 28.5. The van der Waals surface area contributed by atoms with Crippen LogP contribution in [0.5, 0.6) is 17.2 Å². The zero-order chi connectivity index (χ0) is 54.7. The monoisotopic (exact) mass is 1030 g/mol. The molecule has 0 aliphatic carbocycles. The van der Waals surface area contributed by atoms with Crippen molar-refractivity contribution in [2.45, 2.75) is 125 Å². The molecule has 0 aliphatic rings. The lowest BCUT2D eigenvalue weighted by atomic mass is 9.79. The second-order valence-corrected chi connectivity index (χ2v) is 23.0. The Labute approximate surface area is 441 Å². The molecule has 0 saturated heterocycles. The molecular formula is C59H66N10O7. The summed E-state index contributed by atoms with van der Waals surface area (Å²) in [5.74, 6) is 1.08. The smallest absolute Gasteiger partial charge is 0.326 e. The normalized spacial score (nSPS) is 12.1. The number of carbonyl (C=O) groups excluding carboxylic acids is 2. The number of aromatic amines is 2. The van der Waals surface area contributed by atoms with Gasteiger partial charge in [0.15, 0.2) is 11.3 Å². The molecule has 0 spiro atoms. The van der Waals surface area contributed by atoms with E-state index in [1.807, 2.05) is 18.2 Å². The predicted molar refractivity (Wildman–Crippen MR) is 299 cm³/mol. The highest BCUT2D eigenvalue weighted by Crippen LogP contribution is 2.34. The van der Waals surface area contributed by atoms with Gasteiger partial charge in [-0.2, -0.15) is 9.97 Å². The lowest BCUT2D eigenvalue weighted by Crippen LogP contribution is -2.24. The molecule has 17 nitrogen and oxygen atoms in total. The molecule has 0 aliphatic heterocycles. The van der Waals surface area contributed by atoms with Crippen molar-refractivity contribution in [3.05, 3.63) is 169 Å². The number of aromatic nitrogens is 6. The Hall–Kier alpha value is -8.60. The molecule has 6 N–H and O–H groups in total. The number of anilines is 4. The Kier molecular flexibility index (Phi) is 15.1. The quantitative estimate of drug-likeness (QED) is 0.0636. The molecule has 4 heterocycles. The number of pyridine rings is 2. The Bertz CT molecular complexity index is 3310. The molecule has 4 aromatic heterocycles. The summed E-state index contributed by atoms with van der Waals surface area (Å²) < 4.78 is 19.7. The number of H-pyrrole nitrogens is 2. The van der Waals surface area contributed by atoms with Crippen LogP contribution in [0.4, 0.5) is 32.9 Å². The van der Waals surface area contributed by atoms with E-state index in [4.69, 9.17) is 14.2 Å². The van der Waals surface area contributed by atoms with Gasteiger partial charge in [-0.05, 0) is 103 Å². The van der Waals surface area contributed by atoms with Crippen molar-refractivity contribution in [1.29, 1.82) is 0 Å². The van der Waals surface area contributed by atoms with Crippen molar-refractivity contribution in [2.24, 2.45) is 0 Å². The molecule has 76 heavy (non-hydrogen) atoms. The van der Waals surface area contributed by atoms with E-state index in [0.29, 0.717) is 30.3 Å². The zero-order valence-electron chi connectivity index (χ0n) is 45.2. The molecule has 0 saturated carbocycles. The first kappa shape index (κ1) is 53.7. The summed E-state index contributed by atoms with van der Waals surface area (Å²) in [6.07, 6.45) is 2.97. The van der Waals surface area contributed by atoms with Crippen molar-refractivity contribution in [2.75, 3.05) is 21.3 Å². The minimum Gasteiger partial charge on any atom is -0.489 e. The molecule has 17 heteroatoms. The van der Waals surface area contributed by atoms with Crippen LogP contribution in [0.1, 0.15) is 122 Å². The van der Waals surface area contributed by atoms with Crippen LogP contribution in [-0.4, -0.2) is 42.0 Å². The number of hydrogen-bond donors (Lipinski definition) is 6. The summed E-state index contributed by atoms with van der Waals surface area (Å²) in [4.78, 5) is 74.4. The Morgan fingerprint density at radius 2 is 0.789 bits per heavy atom. The lowest BCUT2D eigenvalue weighted by molar-refractivity contribution is 0.261. The molecule has 0 unspecified atom stereocenters. The molecule has 8 rings (SSSR count). The molecule has 0 fully saturated rings. The first-order valence-electron chi connectivity index (χ1n) is 25.1. The average Bonchev–Trinajstić information content (AvgIpc) is 3.34. The number of ether oxygens (including phenoxy) is 3. The maximum atomic E-state index is 13.5. The van der Waals surface area contributed by atoms with E-state index in [1.165, 1.54) is 40.7 Å². The first-order valence-corrected chi connectivity index (χ1v) is 25.1. The van der Waals surface area contributed by atoms with E-state index < -0.39 is 23.2 Å². The highest BCUT2D eigenvalue weighted by Gasteiger charge is 2.23. The number of amides is 4. The van der Waals surface area contributed by atoms with E-state index in [0.717, 1.165) is 11.1 Å². The van der Waals surface area contributed by atoms with Gasteiger partial charge in [-0.15, -0.1) is 0 Å². The summed E-state index contributed by atoms with van der Waals surface area (Å²) in [5, 5.41) is 11.1. The molecule has 0 bridgehead atoms. The van der Waals surface area contributed by atoms with Gasteiger partial charge in [-0.1, -0.05) is 119 Å². The van der Waals surface area contributed by atoms with Gasteiger partial charge in [0, 0.05) is 42.0 Å². The molecule has 394 valence electrons. The number of carbonyl (C=O) groups is 2. The minimum atomic E-state index is -0.770. The third-order valence-electron chi connectivity index (χ3n) is 12.5. The maximum absolute atomic E-state index is 13.5. The van der Waals surface area contributed by atoms with Gasteiger partial charge in [0.25, 0.3) is 11.1 Å². The SMILES string of the molecule is CC(C)(C)c1cc(COc2cc(COc3cc(NC(=O)Nc4nc5ncccc5c(=O)[nH]4)cc(NC(=O)Nc4nc5ncccc5c(=O)[nH]4)c3)cc(OCc3cc(C(C)(C)C)cc(C(C)(C)C)c3)c2)cc(C(C)(C)C)c1. The van der Waals surface area contributed by atoms with Gasteiger partial charge in [0.05, 0.1) is 10.8 Å². The van der Waals surface area contributed by atoms with E-state index in [1.54, 1.807) is 36.4 Å². The van der Waals surface area contributed by atoms with E-state index >= 15 is 0 Å². The Balaban J connectivity index is 1.10. The van der Waals surface area contributed by atoms with Crippen LogP contribution >= 0.6 is 0 Å². The van der Waals surface area contributed by atoms with E-state index in [2.05, 4.69) is 171 Å². The number of fused-ring (bicyclic) bond motifs is 2. The van der Waals surface area contributed by atoms with Gasteiger partial charge < -0.3 is 24.8 Å². The third kappa shape index (κ3) is 13.8. The van der Waals surface area contributed by atoms with Crippen LogP contribution < -0.4 is 46.6 Å². The van der Waals surface area contributed by atoms with Crippen LogP contribution in [-0.2, 0) is 41.5 Å². The van der Waals surface area contributed by atoms with Crippen LogP contribution in [0.25, 0.3) is 22.1 Å². The maximum Gasteiger partial charge on any atom is 0.326 e. The third-order valence-corrected chi connectivity index (χ3v) is 12.5. The van der Waals surface area contributed by atoms with Crippen LogP contribution in [0.3, 0.4) is 0 Å². The van der Waals surface area contributed by atoms with Crippen LogP contribution in [0.15, 0.2) is 119 Å². The average molecular weight is 1030 g/mol. The fraction of sp³-hybridized carbons (Fsp3) is 0.322. The van der Waals surface area contributed by atoms with Crippen LogP contribution in [0.2, 0.25) is 0 Å². The molecule has 8 aromatic rings. The number of nitrogens with one attached hydrogen (secondary N) is 6. The molecular weight excluding hydrogens is 961 g/mol. The minimum absolute atomic E-state index is 0.000697. The molecule has 4 amide bonds. The standard InChI is InChI=1S/C59H66N10O7/c1-56(2,3)37-19-34(20-38(25-37)57(4,5)6)31-74-43-23-36(24-44(30-43)75-32-35-21-39(58(7,8)9)26-40(22-35)59(10,11)12)33-76-45-28-41(62-54(72)68-52-64-48-46(50(70)66-52)15-13-17-60-48)27-42(29-45)63-55(73)69-53-65-49-47(51(71)67-53)16-14-18-61-49/h13-30H,31-33H2,1-12H3,(H3,60,62,64,66,68,70,72)(H3,61,63,65,67,69,71,73). The Morgan fingerprint density at radius 3 is 1.14 bits per heavy atom. The zero-order valence-corrected chi connectivity index (χ0v) is 45.2. The summed E-state index contributed by atoms with van der Waals surface area (Å²) in [5.41, 5.74) is 6.98. The van der Waals surface area contributed by atoms with E-state index in [-0.39, 0.29) is 79.4 Å². The number of rotatable bonds is 13. The number of urea groups is 2. The molecule has 0 radical (unpaired) electrons. The van der Waals surface area contributed by atoms with Gasteiger partial charge in [0.1, 0.15) is 37.1 Å². The summed E-state index contributed by atoms with van der Waals surface area (Å²) in [7, 11) is 0. The predicted octanol–water partition coefficient (Wildman–Crippen LogP) is 12.2. The highest BCUT2D eigenvalue weighted by molar-refractivity contribution is 6.02. The fourth-order valence-electron chi connectivity index (χ4n) is 8.09. The molecule has 0 atom stereocenters. The first-order chi connectivity index (χ1) is 35.7. The second-order valence-electron chi connectivity index (χ2n) is 23.0. The summed E-state index contributed by atoms with van der Waals surface area (Å²) in [6.45, 7) is 27.1. The van der Waals surface area contributed by atoms with Crippen molar-refractivity contribution in [3.8, 4) is 17.2 Å². The topological polar surface area (TPSA) is 227 Å². The number of benzene rings is 4. The van der Waals surface area contributed by atoms with Gasteiger partial charge in [-0.25, -0.2) is 19.6 Å². The Morgan fingerprint density at radius 1 is 0.447 bits per heavy atom. The van der Waals surface area contributed by atoms with Crippen molar-refractivity contribution >= 4 is 57.4 Å². The largest absolute Gasteiger partial charge is 0.489 e. The van der Waals surface area contributed by atoms with Crippen molar-refractivity contribution in [1.82, 2.24) is 29.9 Å². The lowest BCUT2D eigenvalue weighted by Gasteiger charge is -2.26. The summed E-state index contributed by atoms with van der Waals surface area (Å²) >= 11 is 0. The fourth-order valence-corrected chi connectivity index (χ4v) is 8.09. The highest BCUT2D eigenvalue weighted by atomic mass is 16.5.